The Labute approximate surface area is 123 Å². The van der Waals surface area contributed by atoms with Gasteiger partial charge in [0, 0.05) is 4.88 Å². The summed E-state index contributed by atoms with van der Waals surface area (Å²) in [6, 6.07) is 11.6. The molecule has 0 radical (unpaired) electrons. The van der Waals surface area contributed by atoms with Crippen molar-refractivity contribution in [2.75, 3.05) is 7.11 Å². The molecule has 0 saturated heterocycles. The summed E-state index contributed by atoms with van der Waals surface area (Å²) in [5.41, 5.74) is 0.961. The fourth-order valence-corrected chi connectivity index (χ4v) is 2.92. The number of carbonyl (C=O) groups is 1. The molecule has 20 heavy (non-hydrogen) atoms. The molecule has 2 rings (SSSR count). The van der Waals surface area contributed by atoms with Gasteiger partial charge in [-0.15, -0.1) is 11.3 Å². The highest BCUT2D eigenvalue weighted by Crippen LogP contribution is 2.20. The Morgan fingerprint density at radius 3 is 2.90 bits per heavy atom. The molecule has 0 bridgehead atoms. The molecule has 2 aromatic rings. The Morgan fingerprint density at radius 1 is 1.30 bits per heavy atom. The molecule has 0 unspecified atom stereocenters. The summed E-state index contributed by atoms with van der Waals surface area (Å²) in [6.07, 6.45) is 5.59. The van der Waals surface area contributed by atoms with Crippen molar-refractivity contribution in [2.24, 2.45) is 0 Å². The van der Waals surface area contributed by atoms with Crippen molar-refractivity contribution in [1.82, 2.24) is 0 Å². The normalized spacial score (nSPS) is 10.9. The van der Waals surface area contributed by atoms with Crippen LogP contribution in [0.3, 0.4) is 0 Å². The number of carbonyl (C=O) groups excluding carboxylic acids is 1. The van der Waals surface area contributed by atoms with Crippen LogP contribution in [-0.2, 0) is 6.42 Å². The molecule has 1 aromatic heterocycles. The number of methoxy groups -OCH3 is 1. The molecule has 0 N–H and O–H groups in total. The summed E-state index contributed by atoms with van der Waals surface area (Å²) in [6.45, 7) is 2.14. The molecular formula is C17H18O2S. The first-order valence-electron chi connectivity index (χ1n) is 6.68. The largest absolute Gasteiger partial charge is 0.497 e. The van der Waals surface area contributed by atoms with Gasteiger partial charge < -0.3 is 4.74 Å². The van der Waals surface area contributed by atoms with Crippen LogP contribution < -0.4 is 4.74 Å². The summed E-state index contributed by atoms with van der Waals surface area (Å²) in [4.78, 5) is 14.2. The van der Waals surface area contributed by atoms with Crippen LogP contribution in [-0.4, -0.2) is 12.9 Å². The third kappa shape index (κ3) is 3.81. The van der Waals surface area contributed by atoms with Gasteiger partial charge in [0.25, 0.3) is 0 Å². The maximum Gasteiger partial charge on any atom is 0.195 e. The van der Waals surface area contributed by atoms with Crippen molar-refractivity contribution >= 4 is 23.2 Å². The quantitative estimate of drug-likeness (QED) is 0.573. The summed E-state index contributed by atoms with van der Waals surface area (Å²) in [7, 11) is 1.63. The molecule has 104 valence electrons. The minimum atomic E-state index is 0.0557. The lowest BCUT2D eigenvalue weighted by Gasteiger charge is -1.99. The molecule has 1 aromatic carbocycles. The minimum Gasteiger partial charge on any atom is -0.497 e. The van der Waals surface area contributed by atoms with E-state index in [1.165, 1.54) is 4.88 Å². The van der Waals surface area contributed by atoms with E-state index in [1.54, 1.807) is 24.5 Å². The molecule has 3 heteroatoms. The number of aryl methyl sites for hydroxylation is 1. The molecule has 0 aliphatic heterocycles. The SMILES string of the molecule is CCCc1ccc(C(=O)/C=C/c2cccc(OC)c2)s1. The fourth-order valence-electron chi connectivity index (χ4n) is 1.89. The number of allylic oxidation sites excluding steroid dienone is 1. The van der Waals surface area contributed by atoms with Crippen molar-refractivity contribution in [2.45, 2.75) is 19.8 Å². The van der Waals surface area contributed by atoms with Crippen molar-refractivity contribution in [3.05, 3.63) is 57.8 Å². The smallest absolute Gasteiger partial charge is 0.195 e. The molecule has 0 saturated carbocycles. The zero-order valence-electron chi connectivity index (χ0n) is 11.8. The maximum absolute atomic E-state index is 12.1. The molecule has 2 nitrogen and oxygen atoms in total. The minimum absolute atomic E-state index is 0.0557. The van der Waals surface area contributed by atoms with E-state index in [2.05, 4.69) is 6.92 Å². The van der Waals surface area contributed by atoms with Crippen LogP contribution in [0.25, 0.3) is 6.08 Å². The van der Waals surface area contributed by atoms with Crippen molar-refractivity contribution in [3.63, 3.8) is 0 Å². The topological polar surface area (TPSA) is 26.3 Å². The average molecular weight is 286 g/mol. The number of ether oxygens (including phenoxy) is 1. The number of hydrogen-bond donors (Lipinski definition) is 0. The second-order valence-electron chi connectivity index (χ2n) is 4.49. The van der Waals surface area contributed by atoms with Gasteiger partial charge in [0.15, 0.2) is 5.78 Å². The zero-order chi connectivity index (χ0) is 14.4. The number of benzene rings is 1. The highest BCUT2D eigenvalue weighted by Gasteiger charge is 2.05. The average Bonchev–Trinajstić information content (AvgIpc) is 2.94. The number of thiophene rings is 1. The Kier molecular flexibility index (Phi) is 5.13. The van der Waals surface area contributed by atoms with Crippen molar-refractivity contribution in [1.29, 1.82) is 0 Å². The highest BCUT2D eigenvalue weighted by molar-refractivity contribution is 7.14. The lowest BCUT2D eigenvalue weighted by molar-refractivity contribution is 0.105. The van der Waals surface area contributed by atoms with E-state index < -0.39 is 0 Å². The molecule has 0 aliphatic rings. The summed E-state index contributed by atoms with van der Waals surface area (Å²) in [5, 5.41) is 0. The van der Waals surface area contributed by atoms with E-state index in [1.807, 2.05) is 42.5 Å². The standard InChI is InChI=1S/C17H18O2S/c1-3-5-15-9-11-17(20-15)16(18)10-8-13-6-4-7-14(12-13)19-2/h4,6-12H,3,5H2,1-2H3/b10-8+. The number of rotatable bonds is 6. The lowest BCUT2D eigenvalue weighted by Crippen LogP contribution is -1.89. The predicted molar refractivity (Wildman–Crippen MR) is 84.7 cm³/mol. The zero-order valence-corrected chi connectivity index (χ0v) is 12.6. The molecule has 0 atom stereocenters. The van der Waals surface area contributed by atoms with Gasteiger partial charge in [-0.2, -0.15) is 0 Å². The molecule has 0 amide bonds. The Hall–Kier alpha value is -1.87. The molecule has 0 fully saturated rings. The number of ketones is 1. The Morgan fingerprint density at radius 2 is 2.15 bits per heavy atom. The van der Waals surface area contributed by atoms with E-state index in [0.29, 0.717) is 0 Å². The third-order valence-electron chi connectivity index (χ3n) is 2.92. The summed E-state index contributed by atoms with van der Waals surface area (Å²) >= 11 is 1.58. The van der Waals surface area contributed by atoms with Crippen LogP contribution in [0, 0.1) is 0 Å². The van der Waals surface area contributed by atoms with Crippen LogP contribution in [0.5, 0.6) is 5.75 Å². The van der Waals surface area contributed by atoms with Gasteiger partial charge in [-0.1, -0.05) is 31.6 Å². The van der Waals surface area contributed by atoms with Gasteiger partial charge in [0.05, 0.1) is 12.0 Å². The fraction of sp³-hybridized carbons (Fsp3) is 0.235. The van der Waals surface area contributed by atoms with E-state index in [9.17, 15) is 4.79 Å². The second kappa shape index (κ2) is 7.06. The molecule has 1 heterocycles. The van der Waals surface area contributed by atoms with Gasteiger partial charge in [-0.05, 0) is 42.3 Å². The highest BCUT2D eigenvalue weighted by atomic mass is 32.1. The van der Waals surface area contributed by atoms with Gasteiger partial charge in [0.2, 0.25) is 0 Å². The maximum atomic E-state index is 12.1. The van der Waals surface area contributed by atoms with Gasteiger partial charge in [-0.25, -0.2) is 0 Å². The van der Waals surface area contributed by atoms with Gasteiger partial charge >= 0.3 is 0 Å². The van der Waals surface area contributed by atoms with Crippen molar-refractivity contribution < 1.29 is 9.53 Å². The first-order valence-corrected chi connectivity index (χ1v) is 7.49. The summed E-state index contributed by atoms with van der Waals surface area (Å²) < 4.78 is 5.16. The Balaban J connectivity index is 2.07. The van der Waals surface area contributed by atoms with Crippen LogP contribution in [0.4, 0.5) is 0 Å². The van der Waals surface area contributed by atoms with Crippen LogP contribution >= 0.6 is 11.3 Å². The predicted octanol–water partition coefficient (Wildman–Crippen LogP) is 4.61. The molecule has 0 spiro atoms. The van der Waals surface area contributed by atoms with E-state index in [-0.39, 0.29) is 5.78 Å². The first kappa shape index (κ1) is 14.5. The van der Waals surface area contributed by atoms with Crippen molar-refractivity contribution in [3.8, 4) is 5.75 Å². The van der Waals surface area contributed by atoms with Crippen LogP contribution in [0.2, 0.25) is 0 Å². The second-order valence-corrected chi connectivity index (χ2v) is 5.66. The molecular weight excluding hydrogens is 268 g/mol. The monoisotopic (exact) mass is 286 g/mol. The summed E-state index contributed by atoms with van der Waals surface area (Å²) in [5.74, 6) is 0.848. The van der Waals surface area contributed by atoms with E-state index in [4.69, 9.17) is 4.74 Å². The van der Waals surface area contributed by atoms with E-state index >= 15 is 0 Å². The molecule has 0 aliphatic carbocycles. The Bertz CT molecular complexity index is 611. The number of hydrogen-bond acceptors (Lipinski definition) is 3. The van der Waals surface area contributed by atoms with E-state index in [0.717, 1.165) is 29.0 Å². The first-order chi connectivity index (χ1) is 9.72. The van der Waals surface area contributed by atoms with Crippen LogP contribution in [0.1, 0.15) is 33.5 Å². The van der Waals surface area contributed by atoms with Gasteiger partial charge in [-0.3, -0.25) is 4.79 Å². The van der Waals surface area contributed by atoms with Gasteiger partial charge in [0.1, 0.15) is 5.75 Å². The van der Waals surface area contributed by atoms with Crippen LogP contribution in [0.15, 0.2) is 42.5 Å². The third-order valence-corrected chi connectivity index (χ3v) is 4.08. The lowest BCUT2D eigenvalue weighted by atomic mass is 10.2.